The van der Waals surface area contributed by atoms with Gasteiger partial charge in [0.25, 0.3) is 0 Å². The third-order valence-corrected chi connectivity index (χ3v) is 4.54. The molecule has 0 spiro atoms. The molecular formula is C25H24O5. The number of hydrogen-bond donors (Lipinski definition) is 0. The number of ether oxygens (including phenoxy) is 4. The van der Waals surface area contributed by atoms with Gasteiger partial charge in [0, 0.05) is 17.7 Å². The lowest BCUT2D eigenvalue weighted by Gasteiger charge is -2.10. The van der Waals surface area contributed by atoms with Crippen molar-refractivity contribution in [1.29, 1.82) is 0 Å². The largest absolute Gasteiger partial charge is 0.497 e. The van der Waals surface area contributed by atoms with Gasteiger partial charge in [-0.05, 0) is 42.0 Å². The Kier molecular flexibility index (Phi) is 7.11. The van der Waals surface area contributed by atoms with Crippen LogP contribution in [-0.2, 0) is 6.61 Å². The highest BCUT2D eigenvalue weighted by atomic mass is 16.5. The highest BCUT2D eigenvalue weighted by molar-refractivity contribution is 6.08. The van der Waals surface area contributed by atoms with Crippen molar-refractivity contribution in [3.8, 4) is 23.0 Å². The first kappa shape index (κ1) is 21.0. The predicted octanol–water partition coefficient (Wildman–Crippen LogP) is 5.19. The van der Waals surface area contributed by atoms with Gasteiger partial charge in [-0.3, -0.25) is 4.79 Å². The van der Waals surface area contributed by atoms with Crippen LogP contribution in [0.25, 0.3) is 6.08 Å². The molecule has 3 rings (SSSR count). The van der Waals surface area contributed by atoms with E-state index in [0.717, 1.165) is 11.1 Å². The molecule has 0 fully saturated rings. The van der Waals surface area contributed by atoms with Crippen molar-refractivity contribution in [3.05, 3.63) is 89.5 Å². The van der Waals surface area contributed by atoms with E-state index < -0.39 is 0 Å². The van der Waals surface area contributed by atoms with Crippen LogP contribution < -0.4 is 18.9 Å². The van der Waals surface area contributed by atoms with Crippen molar-refractivity contribution in [2.75, 3.05) is 21.3 Å². The van der Waals surface area contributed by atoms with Crippen LogP contribution in [0.3, 0.4) is 0 Å². The Morgan fingerprint density at radius 2 is 1.50 bits per heavy atom. The summed E-state index contributed by atoms with van der Waals surface area (Å²) in [5.41, 5.74) is 2.31. The van der Waals surface area contributed by atoms with Crippen LogP contribution in [0, 0.1) is 0 Å². The maximum absolute atomic E-state index is 12.7. The fourth-order valence-electron chi connectivity index (χ4n) is 2.92. The Morgan fingerprint density at radius 1 is 0.800 bits per heavy atom. The van der Waals surface area contributed by atoms with Gasteiger partial charge in [-0.15, -0.1) is 0 Å². The van der Waals surface area contributed by atoms with Gasteiger partial charge in [0.2, 0.25) is 0 Å². The van der Waals surface area contributed by atoms with Gasteiger partial charge in [-0.2, -0.15) is 0 Å². The molecule has 0 amide bonds. The molecule has 3 aromatic rings. The summed E-state index contributed by atoms with van der Waals surface area (Å²) < 4.78 is 21.8. The van der Waals surface area contributed by atoms with Gasteiger partial charge in [-0.25, -0.2) is 0 Å². The van der Waals surface area contributed by atoms with Crippen LogP contribution in [0.15, 0.2) is 72.8 Å². The Balaban J connectivity index is 1.74. The summed E-state index contributed by atoms with van der Waals surface area (Å²) in [6.45, 7) is 0.467. The second kappa shape index (κ2) is 10.2. The number of hydrogen-bond acceptors (Lipinski definition) is 5. The van der Waals surface area contributed by atoms with Crippen LogP contribution in [0.5, 0.6) is 23.0 Å². The van der Waals surface area contributed by atoms with Crippen LogP contribution in [-0.4, -0.2) is 27.1 Å². The minimum atomic E-state index is -0.180. The van der Waals surface area contributed by atoms with Crippen molar-refractivity contribution in [2.24, 2.45) is 0 Å². The highest BCUT2D eigenvalue weighted by Crippen LogP contribution is 2.28. The molecule has 0 aliphatic rings. The third-order valence-electron chi connectivity index (χ3n) is 4.54. The number of allylic oxidation sites excluding steroid dienone is 1. The molecule has 0 heterocycles. The van der Waals surface area contributed by atoms with Crippen LogP contribution in [0.4, 0.5) is 0 Å². The lowest BCUT2D eigenvalue weighted by atomic mass is 10.1. The average Bonchev–Trinajstić information content (AvgIpc) is 2.81. The minimum absolute atomic E-state index is 0.180. The smallest absolute Gasteiger partial charge is 0.189 e. The lowest BCUT2D eigenvalue weighted by Crippen LogP contribution is -2.00. The molecule has 0 radical (unpaired) electrons. The van der Waals surface area contributed by atoms with E-state index >= 15 is 0 Å². The Hall–Kier alpha value is -3.73. The summed E-state index contributed by atoms with van der Waals surface area (Å²) in [7, 11) is 4.67. The van der Waals surface area contributed by atoms with Gasteiger partial charge in [-0.1, -0.05) is 30.3 Å². The quantitative estimate of drug-likeness (QED) is 0.363. The van der Waals surface area contributed by atoms with Crippen molar-refractivity contribution in [3.63, 3.8) is 0 Å². The maximum Gasteiger partial charge on any atom is 0.189 e. The molecular weight excluding hydrogens is 380 g/mol. The first-order valence-electron chi connectivity index (χ1n) is 9.44. The number of carbonyl (C=O) groups excluding carboxylic acids is 1. The number of ketones is 1. The van der Waals surface area contributed by atoms with Crippen LogP contribution in [0.2, 0.25) is 0 Å². The summed E-state index contributed by atoms with van der Waals surface area (Å²) in [4.78, 5) is 12.7. The Labute approximate surface area is 176 Å². The highest BCUT2D eigenvalue weighted by Gasteiger charge is 2.11. The molecule has 30 heavy (non-hydrogen) atoms. The fraction of sp³-hybridized carbons (Fsp3) is 0.160. The molecule has 0 saturated heterocycles. The zero-order valence-electron chi connectivity index (χ0n) is 17.3. The summed E-state index contributed by atoms with van der Waals surface area (Å²) in [6.07, 6.45) is 3.21. The number of rotatable bonds is 9. The maximum atomic E-state index is 12.7. The topological polar surface area (TPSA) is 54.0 Å². The third kappa shape index (κ3) is 5.20. The number of carbonyl (C=O) groups is 1. The SMILES string of the molecule is COc1ccc(C(=O)C=Cc2ccc(OCc3ccccc3)cc2OC)c(OC)c1. The van der Waals surface area contributed by atoms with Gasteiger partial charge in [0.05, 0.1) is 26.9 Å². The monoisotopic (exact) mass is 404 g/mol. The lowest BCUT2D eigenvalue weighted by molar-refractivity contribution is 0.104. The van der Waals surface area contributed by atoms with Gasteiger partial charge >= 0.3 is 0 Å². The van der Waals surface area contributed by atoms with E-state index in [9.17, 15) is 4.79 Å². The zero-order valence-corrected chi connectivity index (χ0v) is 17.3. The van der Waals surface area contributed by atoms with E-state index in [4.69, 9.17) is 18.9 Å². The molecule has 0 aliphatic carbocycles. The molecule has 0 aromatic heterocycles. The molecule has 5 nitrogen and oxygen atoms in total. The molecule has 154 valence electrons. The molecule has 0 unspecified atom stereocenters. The second-order valence-electron chi connectivity index (χ2n) is 6.44. The first-order valence-corrected chi connectivity index (χ1v) is 9.44. The fourth-order valence-corrected chi connectivity index (χ4v) is 2.92. The number of methoxy groups -OCH3 is 3. The number of benzene rings is 3. The molecule has 5 heteroatoms. The second-order valence-corrected chi connectivity index (χ2v) is 6.44. The molecule has 3 aromatic carbocycles. The summed E-state index contributed by atoms with van der Waals surface area (Å²) >= 11 is 0. The van der Waals surface area contributed by atoms with Crippen molar-refractivity contribution in [1.82, 2.24) is 0 Å². The van der Waals surface area contributed by atoms with Gasteiger partial charge < -0.3 is 18.9 Å². The normalized spacial score (nSPS) is 10.6. The standard InChI is InChI=1S/C25H24O5/c1-27-20-12-13-22(25(15-20)29-3)23(26)14-10-19-9-11-21(16-24(19)28-2)30-17-18-7-5-4-6-8-18/h4-16H,17H2,1-3H3. The summed E-state index contributed by atoms with van der Waals surface area (Å²) in [5, 5.41) is 0. The summed E-state index contributed by atoms with van der Waals surface area (Å²) in [6, 6.07) is 20.5. The first-order chi connectivity index (χ1) is 14.6. The van der Waals surface area contributed by atoms with E-state index in [2.05, 4.69) is 0 Å². The van der Waals surface area contributed by atoms with Crippen LogP contribution >= 0.6 is 0 Å². The molecule has 0 aliphatic heterocycles. The molecule has 0 saturated carbocycles. The van der Waals surface area contributed by atoms with Crippen molar-refractivity contribution >= 4 is 11.9 Å². The van der Waals surface area contributed by atoms with Crippen LogP contribution in [0.1, 0.15) is 21.5 Å². The Morgan fingerprint density at radius 3 is 2.20 bits per heavy atom. The van der Waals surface area contributed by atoms with Crippen molar-refractivity contribution in [2.45, 2.75) is 6.61 Å². The summed E-state index contributed by atoms with van der Waals surface area (Å²) in [5.74, 6) is 2.21. The predicted molar refractivity (Wildman–Crippen MR) is 117 cm³/mol. The van der Waals surface area contributed by atoms with E-state index in [1.165, 1.54) is 13.2 Å². The molecule has 0 N–H and O–H groups in total. The van der Waals surface area contributed by atoms with E-state index in [1.807, 2.05) is 42.5 Å². The van der Waals surface area contributed by atoms with E-state index in [1.54, 1.807) is 44.6 Å². The van der Waals surface area contributed by atoms with Gasteiger partial charge in [0.15, 0.2) is 5.78 Å². The van der Waals surface area contributed by atoms with E-state index in [-0.39, 0.29) is 5.78 Å². The van der Waals surface area contributed by atoms with Crippen molar-refractivity contribution < 1.29 is 23.7 Å². The Bertz CT molecular complexity index is 1020. The average molecular weight is 404 g/mol. The molecule has 0 atom stereocenters. The van der Waals surface area contributed by atoms with E-state index in [0.29, 0.717) is 35.2 Å². The van der Waals surface area contributed by atoms with Gasteiger partial charge in [0.1, 0.15) is 29.6 Å². The molecule has 0 bridgehead atoms. The minimum Gasteiger partial charge on any atom is -0.497 e. The zero-order chi connectivity index (χ0) is 21.3.